The van der Waals surface area contributed by atoms with Crippen molar-refractivity contribution >= 4 is 16.9 Å². The second-order valence-electron chi connectivity index (χ2n) is 9.26. The molecule has 2 aromatic carbocycles. The number of nitrogens with zero attached hydrogens (tertiary/aromatic N) is 4. The summed E-state index contributed by atoms with van der Waals surface area (Å²) in [5.41, 5.74) is 4.16. The van der Waals surface area contributed by atoms with Gasteiger partial charge in [0.1, 0.15) is 22.5 Å². The highest BCUT2D eigenvalue weighted by atomic mass is 16.3. The van der Waals surface area contributed by atoms with E-state index in [1.165, 1.54) is 17.6 Å². The van der Waals surface area contributed by atoms with Gasteiger partial charge in [-0.1, -0.05) is 58.7 Å². The van der Waals surface area contributed by atoms with Gasteiger partial charge < -0.3 is 10.0 Å². The summed E-state index contributed by atoms with van der Waals surface area (Å²) in [5, 5.41) is 20.3. The van der Waals surface area contributed by atoms with Crippen molar-refractivity contribution in [1.82, 2.24) is 19.9 Å². The van der Waals surface area contributed by atoms with E-state index in [1.807, 2.05) is 36.4 Å². The van der Waals surface area contributed by atoms with Crippen LogP contribution in [-0.4, -0.2) is 38.0 Å². The molecule has 170 valence electrons. The first-order chi connectivity index (χ1) is 15.1. The molecule has 3 aromatic rings. The Bertz CT molecular complexity index is 1100. The second kappa shape index (κ2) is 9.55. The largest absolute Gasteiger partial charge is 0.505 e. The summed E-state index contributed by atoms with van der Waals surface area (Å²) in [7, 11) is 1.72. The molecule has 1 heterocycles. The van der Waals surface area contributed by atoms with Crippen LogP contribution in [0.15, 0.2) is 48.6 Å². The average Bonchev–Trinajstić information content (AvgIpc) is 3.18. The van der Waals surface area contributed by atoms with Crippen LogP contribution in [0.5, 0.6) is 5.75 Å². The Labute approximate surface area is 190 Å². The van der Waals surface area contributed by atoms with Gasteiger partial charge in [0.25, 0.3) is 0 Å². The highest BCUT2D eigenvalue weighted by molar-refractivity contribution is 5.92. The summed E-state index contributed by atoms with van der Waals surface area (Å²) in [6, 6.07) is 11.6. The van der Waals surface area contributed by atoms with Gasteiger partial charge in [-0.15, -0.1) is 15.0 Å². The van der Waals surface area contributed by atoms with Crippen LogP contribution in [0.3, 0.4) is 0 Å². The predicted octanol–water partition coefficient (Wildman–Crippen LogP) is 5.52. The lowest BCUT2D eigenvalue weighted by Gasteiger charge is -2.28. The van der Waals surface area contributed by atoms with Crippen molar-refractivity contribution in [2.75, 3.05) is 7.05 Å². The lowest BCUT2D eigenvalue weighted by Crippen LogP contribution is -2.27. The lowest BCUT2D eigenvalue weighted by atomic mass is 9.79. The molecule has 6 heteroatoms. The van der Waals surface area contributed by atoms with Gasteiger partial charge in [-0.25, -0.2) is 0 Å². The Kier molecular flexibility index (Phi) is 7.02. The molecule has 6 nitrogen and oxygen atoms in total. The van der Waals surface area contributed by atoms with Crippen molar-refractivity contribution < 1.29 is 9.90 Å². The van der Waals surface area contributed by atoms with Crippen molar-refractivity contribution in [3.8, 4) is 11.4 Å². The van der Waals surface area contributed by atoms with E-state index in [1.54, 1.807) is 18.9 Å². The number of phenols is 1. The molecule has 3 rings (SSSR count). The van der Waals surface area contributed by atoms with Crippen molar-refractivity contribution in [1.29, 1.82) is 0 Å². The molecule has 0 aliphatic carbocycles. The van der Waals surface area contributed by atoms with Crippen LogP contribution in [-0.2, 0) is 16.8 Å². The fraction of sp³-hybridized carbons (Fsp3) is 0.423. The molecule has 0 saturated heterocycles. The Morgan fingerprint density at radius 2 is 1.78 bits per heavy atom. The maximum atomic E-state index is 12.4. The molecule has 32 heavy (non-hydrogen) atoms. The second-order valence-corrected chi connectivity index (χ2v) is 9.26. The number of fused-ring (bicyclic) bond motifs is 1. The standard InChI is InChI=1S/C26H34N4O2/c1-7-8-11-14-26(4,5)20-15-19(17-29(6)25(32)18(2)3)24(31)23(16-20)30-27-21-12-9-10-13-22(21)28-30/h9-10,12-13,15-16,31H,2,7-8,11,14,17H2,1,3-6H3. The zero-order chi connectivity index (χ0) is 23.5. The van der Waals surface area contributed by atoms with Crippen molar-refractivity contribution in [3.63, 3.8) is 0 Å². The van der Waals surface area contributed by atoms with Crippen LogP contribution in [0.2, 0.25) is 0 Å². The first-order valence-electron chi connectivity index (χ1n) is 11.2. The van der Waals surface area contributed by atoms with E-state index in [0.717, 1.165) is 29.4 Å². The summed E-state index contributed by atoms with van der Waals surface area (Å²) < 4.78 is 0. The summed E-state index contributed by atoms with van der Waals surface area (Å²) in [5.74, 6) is -0.0682. The molecule has 0 spiro atoms. The molecule has 1 N–H and O–H groups in total. The first-order valence-corrected chi connectivity index (χ1v) is 11.2. The molecule has 1 aromatic heterocycles. The molecule has 1 amide bonds. The van der Waals surface area contributed by atoms with E-state index in [2.05, 4.69) is 37.5 Å². The highest BCUT2D eigenvalue weighted by Crippen LogP contribution is 2.36. The number of phenolic OH excluding ortho intramolecular Hbond substituents is 1. The monoisotopic (exact) mass is 434 g/mol. The van der Waals surface area contributed by atoms with Gasteiger partial charge in [-0.3, -0.25) is 4.79 Å². The van der Waals surface area contributed by atoms with Gasteiger partial charge >= 0.3 is 0 Å². The number of carbonyl (C=O) groups is 1. The molecule has 0 atom stereocenters. The molecule has 0 bridgehead atoms. The fourth-order valence-electron chi connectivity index (χ4n) is 3.92. The van der Waals surface area contributed by atoms with Gasteiger partial charge in [0.05, 0.1) is 0 Å². The van der Waals surface area contributed by atoms with Crippen LogP contribution in [0.1, 0.15) is 64.5 Å². The molecular weight excluding hydrogens is 400 g/mol. The van der Waals surface area contributed by atoms with Crippen LogP contribution >= 0.6 is 0 Å². The van der Waals surface area contributed by atoms with Gasteiger partial charge in [-0.2, -0.15) is 0 Å². The van der Waals surface area contributed by atoms with E-state index >= 15 is 0 Å². The van der Waals surface area contributed by atoms with E-state index in [9.17, 15) is 9.90 Å². The van der Waals surface area contributed by atoms with Crippen molar-refractivity contribution in [2.45, 2.75) is 65.3 Å². The third-order valence-corrected chi connectivity index (χ3v) is 5.98. The number of likely N-dealkylation sites (N-methyl/N-ethyl adjacent to an activating group) is 1. The molecule has 0 aliphatic heterocycles. The SMILES string of the molecule is C=C(C)C(=O)N(C)Cc1cc(C(C)(C)CCCCC)cc(-n2nc3ccccc3n2)c1O. The highest BCUT2D eigenvalue weighted by Gasteiger charge is 2.25. The number of unbranched alkanes of at least 4 members (excludes halogenated alkanes) is 2. The van der Waals surface area contributed by atoms with Gasteiger partial charge in [0.15, 0.2) is 0 Å². The normalized spacial score (nSPS) is 11.7. The number of hydrogen-bond acceptors (Lipinski definition) is 4. The quantitative estimate of drug-likeness (QED) is 0.356. The zero-order valence-corrected chi connectivity index (χ0v) is 19.9. The third-order valence-electron chi connectivity index (χ3n) is 5.98. The molecule has 0 aliphatic rings. The van der Waals surface area contributed by atoms with E-state index in [4.69, 9.17) is 0 Å². The van der Waals surface area contributed by atoms with Gasteiger partial charge in [-0.05, 0) is 48.6 Å². The summed E-state index contributed by atoms with van der Waals surface area (Å²) >= 11 is 0. The van der Waals surface area contributed by atoms with Crippen molar-refractivity contribution in [3.05, 3.63) is 59.7 Å². The number of benzene rings is 2. The predicted molar refractivity (Wildman–Crippen MR) is 129 cm³/mol. The number of aromatic hydroxyl groups is 1. The minimum Gasteiger partial charge on any atom is -0.505 e. The van der Waals surface area contributed by atoms with E-state index in [-0.39, 0.29) is 23.6 Å². The van der Waals surface area contributed by atoms with E-state index in [0.29, 0.717) is 16.8 Å². The number of aromatic nitrogens is 3. The number of carbonyl (C=O) groups excluding carboxylic acids is 1. The Hall–Kier alpha value is -3.15. The first kappa shape index (κ1) is 23.5. The topological polar surface area (TPSA) is 71.2 Å². The van der Waals surface area contributed by atoms with Crippen LogP contribution in [0, 0.1) is 0 Å². The fourth-order valence-corrected chi connectivity index (χ4v) is 3.92. The minimum atomic E-state index is -0.151. The Morgan fingerprint density at radius 1 is 1.16 bits per heavy atom. The number of hydrogen-bond donors (Lipinski definition) is 1. The van der Waals surface area contributed by atoms with Gasteiger partial charge in [0, 0.05) is 24.7 Å². The smallest absolute Gasteiger partial charge is 0.248 e. The summed E-state index contributed by atoms with van der Waals surface area (Å²) in [6.45, 7) is 12.4. The van der Waals surface area contributed by atoms with Crippen LogP contribution in [0.25, 0.3) is 16.7 Å². The van der Waals surface area contributed by atoms with E-state index < -0.39 is 0 Å². The minimum absolute atomic E-state index is 0.0831. The maximum absolute atomic E-state index is 12.4. The molecule has 0 fully saturated rings. The molecular formula is C26H34N4O2. The molecule has 0 radical (unpaired) electrons. The number of amides is 1. The van der Waals surface area contributed by atoms with Gasteiger partial charge in [0.2, 0.25) is 5.91 Å². The van der Waals surface area contributed by atoms with Crippen LogP contribution < -0.4 is 0 Å². The van der Waals surface area contributed by atoms with Crippen molar-refractivity contribution in [2.24, 2.45) is 0 Å². The molecule has 0 unspecified atom stereocenters. The average molecular weight is 435 g/mol. The Balaban J connectivity index is 2.10. The van der Waals surface area contributed by atoms with Crippen LogP contribution in [0.4, 0.5) is 0 Å². The third kappa shape index (κ3) is 5.01. The number of rotatable bonds is 9. The summed E-state index contributed by atoms with van der Waals surface area (Å²) in [6.07, 6.45) is 4.51. The zero-order valence-electron chi connectivity index (χ0n) is 19.9. The molecule has 0 saturated carbocycles. The lowest BCUT2D eigenvalue weighted by molar-refractivity contribution is -0.126. The summed E-state index contributed by atoms with van der Waals surface area (Å²) in [4.78, 5) is 15.5. The maximum Gasteiger partial charge on any atom is 0.248 e. The Morgan fingerprint density at radius 3 is 2.34 bits per heavy atom.